The third kappa shape index (κ3) is 4.54. The molecule has 3 aromatic rings. The number of non-ortho nitro benzene ring substituents is 1. The quantitative estimate of drug-likeness (QED) is 0.269. The zero-order valence-electron chi connectivity index (χ0n) is 20.4. The highest BCUT2D eigenvalue weighted by Crippen LogP contribution is 2.51. The van der Waals surface area contributed by atoms with Crippen molar-refractivity contribution in [3.63, 3.8) is 0 Å². The summed E-state index contributed by atoms with van der Waals surface area (Å²) in [6.07, 6.45) is 5.58. The Kier molecular flexibility index (Phi) is 6.37. The standard InChI is InChI=1S/C29H25FN4O3S/c30-19-11-9-18(10-12-19)17-26-28(31-20-13-15-21(16-14-20)34(36)37)33-27(23-6-2-4-8-25(23)35)22-5-1-3-7-24(22)32-29(33)38-26/h2,4,6,8-17,27-28,31,35H,1,3,5,7H2/b26-17-. The molecule has 1 aliphatic carbocycles. The highest BCUT2D eigenvalue weighted by Gasteiger charge is 2.45. The van der Waals surface area contributed by atoms with Crippen molar-refractivity contribution in [2.24, 2.45) is 4.99 Å². The van der Waals surface area contributed by atoms with Crippen LogP contribution >= 0.6 is 11.8 Å². The van der Waals surface area contributed by atoms with Gasteiger partial charge in [0, 0.05) is 34.0 Å². The predicted octanol–water partition coefficient (Wildman–Crippen LogP) is 7.21. The molecular formula is C29H25FN4O3S. The molecule has 9 heteroatoms. The zero-order chi connectivity index (χ0) is 26.2. The minimum absolute atomic E-state index is 0.0164. The summed E-state index contributed by atoms with van der Waals surface area (Å²) >= 11 is 1.55. The molecule has 0 saturated carbocycles. The fourth-order valence-electron chi connectivity index (χ4n) is 5.29. The summed E-state index contributed by atoms with van der Waals surface area (Å²) < 4.78 is 13.6. The molecule has 2 aliphatic heterocycles. The summed E-state index contributed by atoms with van der Waals surface area (Å²) in [6.45, 7) is 0. The Morgan fingerprint density at radius 3 is 2.53 bits per heavy atom. The second-order valence-electron chi connectivity index (χ2n) is 9.49. The number of nitrogens with one attached hydrogen (secondary N) is 1. The SMILES string of the molecule is O=[N+]([O-])c1ccc(NC2/C(=C/c3ccc(F)cc3)SC3=NC4=C(CCCC4)C(c4ccccc4O)N32)cc1. The van der Waals surface area contributed by atoms with E-state index in [1.54, 1.807) is 42.1 Å². The first-order chi connectivity index (χ1) is 18.5. The molecule has 2 unspecified atom stereocenters. The molecule has 2 heterocycles. The number of para-hydroxylation sites is 1. The Hall–Kier alpha value is -4.11. The van der Waals surface area contributed by atoms with Gasteiger partial charge in [-0.3, -0.25) is 10.1 Å². The number of thioether (sulfide) groups is 1. The number of benzene rings is 3. The van der Waals surface area contributed by atoms with Gasteiger partial charge in [0.2, 0.25) is 0 Å². The lowest BCUT2D eigenvalue weighted by atomic mass is 9.85. The first-order valence-electron chi connectivity index (χ1n) is 12.5. The van der Waals surface area contributed by atoms with E-state index >= 15 is 0 Å². The third-order valence-corrected chi connectivity index (χ3v) is 8.15. The number of hydrogen-bond donors (Lipinski definition) is 2. The number of hydrogen-bond acceptors (Lipinski definition) is 7. The molecule has 0 bridgehead atoms. The first kappa shape index (κ1) is 24.2. The summed E-state index contributed by atoms with van der Waals surface area (Å²) in [5.74, 6) is -0.0729. The number of aromatic hydroxyl groups is 1. The van der Waals surface area contributed by atoms with E-state index in [-0.39, 0.29) is 29.5 Å². The summed E-state index contributed by atoms with van der Waals surface area (Å²) in [6, 6.07) is 19.8. The van der Waals surface area contributed by atoms with Crippen LogP contribution in [0.15, 0.2) is 94.0 Å². The van der Waals surface area contributed by atoms with E-state index in [2.05, 4.69) is 10.2 Å². The summed E-state index contributed by atoms with van der Waals surface area (Å²) in [4.78, 5) is 19.0. The molecule has 2 atom stereocenters. The molecule has 0 amide bonds. The Labute approximate surface area is 223 Å². The average molecular weight is 529 g/mol. The normalized spacial score (nSPS) is 21.7. The number of halogens is 1. The largest absolute Gasteiger partial charge is 0.508 e. The lowest BCUT2D eigenvalue weighted by Crippen LogP contribution is -2.44. The number of amidine groups is 1. The van der Waals surface area contributed by atoms with E-state index in [0.29, 0.717) is 5.69 Å². The van der Waals surface area contributed by atoms with Crippen LogP contribution in [0.1, 0.15) is 42.9 Å². The first-order valence-corrected chi connectivity index (χ1v) is 13.3. The summed E-state index contributed by atoms with van der Waals surface area (Å²) in [7, 11) is 0. The van der Waals surface area contributed by atoms with E-state index in [9.17, 15) is 19.6 Å². The number of aliphatic imine (C=N–C) groups is 1. The molecule has 3 aromatic carbocycles. The minimum atomic E-state index is -0.421. The average Bonchev–Trinajstić information content (AvgIpc) is 3.25. The number of fused-ring (bicyclic) bond motifs is 1. The van der Waals surface area contributed by atoms with Crippen LogP contribution in [-0.4, -0.2) is 26.3 Å². The zero-order valence-corrected chi connectivity index (χ0v) is 21.2. The van der Waals surface area contributed by atoms with Gasteiger partial charge in [-0.15, -0.1) is 0 Å². The predicted molar refractivity (Wildman–Crippen MR) is 148 cm³/mol. The number of nitro groups is 1. The molecule has 1 saturated heterocycles. The van der Waals surface area contributed by atoms with Crippen molar-refractivity contribution in [3.8, 4) is 5.75 Å². The van der Waals surface area contributed by atoms with Crippen LogP contribution in [0.5, 0.6) is 5.75 Å². The second-order valence-corrected chi connectivity index (χ2v) is 10.5. The van der Waals surface area contributed by atoms with E-state index in [1.807, 2.05) is 24.3 Å². The number of allylic oxidation sites excluding steroid dienone is 1. The van der Waals surface area contributed by atoms with Gasteiger partial charge in [0.25, 0.3) is 5.69 Å². The van der Waals surface area contributed by atoms with Crippen molar-refractivity contribution in [1.29, 1.82) is 0 Å². The molecule has 192 valence electrons. The number of nitrogens with zero attached hydrogens (tertiary/aromatic N) is 3. The van der Waals surface area contributed by atoms with Crippen LogP contribution in [0.3, 0.4) is 0 Å². The van der Waals surface area contributed by atoms with Crippen LogP contribution in [0.25, 0.3) is 6.08 Å². The Morgan fingerprint density at radius 1 is 1.05 bits per heavy atom. The lowest BCUT2D eigenvalue weighted by Gasteiger charge is -2.41. The number of phenols is 1. The van der Waals surface area contributed by atoms with Crippen molar-refractivity contribution in [3.05, 3.63) is 116 Å². The fourth-order valence-corrected chi connectivity index (χ4v) is 6.45. The fraction of sp³-hybridized carbons (Fsp3) is 0.207. The molecule has 0 spiro atoms. The number of nitro benzene ring substituents is 1. The van der Waals surface area contributed by atoms with E-state index < -0.39 is 4.92 Å². The highest BCUT2D eigenvalue weighted by atomic mass is 32.2. The number of rotatable bonds is 5. The van der Waals surface area contributed by atoms with Gasteiger partial charge in [-0.05, 0) is 73.2 Å². The van der Waals surface area contributed by atoms with Gasteiger partial charge in [0.1, 0.15) is 17.7 Å². The van der Waals surface area contributed by atoms with Crippen LogP contribution in [0, 0.1) is 15.9 Å². The number of phenolic OH excluding ortho intramolecular Hbond substituents is 1. The van der Waals surface area contributed by atoms with Gasteiger partial charge >= 0.3 is 0 Å². The van der Waals surface area contributed by atoms with Gasteiger partial charge in [-0.2, -0.15) is 0 Å². The van der Waals surface area contributed by atoms with E-state index in [0.717, 1.165) is 52.6 Å². The Balaban J connectivity index is 1.47. The van der Waals surface area contributed by atoms with Crippen molar-refractivity contribution < 1.29 is 14.4 Å². The maximum absolute atomic E-state index is 13.6. The number of anilines is 1. The molecular weight excluding hydrogens is 503 g/mol. The Bertz CT molecular complexity index is 1480. The third-order valence-electron chi connectivity index (χ3n) is 7.09. The molecule has 1 fully saturated rings. The van der Waals surface area contributed by atoms with Gasteiger partial charge < -0.3 is 15.3 Å². The van der Waals surface area contributed by atoms with Crippen LogP contribution < -0.4 is 5.32 Å². The topological polar surface area (TPSA) is 91.0 Å². The summed E-state index contributed by atoms with van der Waals surface area (Å²) in [5.41, 5.74) is 4.69. The maximum Gasteiger partial charge on any atom is 0.269 e. The molecule has 38 heavy (non-hydrogen) atoms. The second kappa shape index (κ2) is 9.98. The molecule has 3 aliphatic rings. The highest BCUT2D eigenvalue weighted by molar-refractivity contribution is 8.17. The van der Waals surface area contributed by atoms with Gasteiger partial charge in [-0.1, -0.05) is 42.1 Å². The summed E-state index contributed by atoms with van der Waals surface area (Å²) in [5, 5.41) is 26.5. The van der Waals surface area contributed by atoms with Crippen molar-refractivity contribution in [1.82, 2.24) is 4.90 Å². The van der Waals surface area contributed by atoms with Crippen LogP contribution in [0.2, 0.25) is 0 Å². The van der Waals surface area contributed by atoms with Gasteiger partial charge in [-0.25, -0.2) is 9.38 Å². The Morgan fingerprint density at radius 2 is 1.79 bits per heavy atom. The lowest BCUT2D eigenvalue weighted by molar-refractivity contribution is -0.384. The minimum Gasteiger partial charge on any atom is -0.508 e. The van der Waals surface area contributed by atoms with Gasteiger partial charge in [0.15, 0.2) is 5.17 Å². The van der Waals surface area contributed by atoms with Gasteiger partial charge in [0.05, 0.1) is 11.0 Å². The molecule has 0 radical (unpaired) electrons. The molecule has 6 rings (SSSR count). The van der Waals surface area contributed by atoms with E-state index in [1.165, 1.54) is 29.8 Å². The van der Waals surface area contributed by atoms with E-state index in [4.69, 9.17) is 4.99 Å². The smallest absolute Gasteiger partial charge is 0.269 e. The molecule has 7 nitrogen and oxygen atoms in total. The molecule has 2 N–H and O–H groups in total. The van der Waals surface area contributed by atoms with Crippen LogP contribution in [-0.2, 0) is 0 Å². The molecule has 0 aromatic heterocycles. The maximum atomic E-state index is 13.6. The van der Waals surface area contributed by atoms with Crippen molar-refractivity contribution >= 4 is 34.4 Å². The van der Waals surface area contributed by atoms with Crippen molar-refractivity contribution in [2.75, 3.05) is 5.32 Å². The monoisotopic (exact) mass is 528 g/mol. The van der Waals surface area contributed by atoms with Crippen LogP contribution in [0.4, 0.5) is 15.8 Å². The van der Waals surface area contributed by atoms with Crippen molar-refractivity contribution in [2.45, 2.75) is 37.9 Å².